The molecule has 0 saturated carbocycles. The van der Waals surface area contributed by atoms with E-state index in [1.54, 1.807) is 29.8 Å². The number of carbonyl (C=O) groups excluding carboxylic acids is 2. The van der Waals surface area contributed by atoms with Gasteiger partial charge >= 0.3 is 0 Å². The number of imidazole rings is 1. The van der Waals surface area contributed by atoms with E-state index in [0.717, 1.165) is 13.0 Å². The number of likely N-dealkylation sites (tertiary alicyclic amines) is 1. The molecule has 2 aromatic heterocycles. The molecule has 0 radical (unpaired) electrons. The van der Waals surface area contributed by atoms with E-state index in [4.69, 9.17) is 4.42 Å². The fourth-order valence-electron chi connectivity index (χ4n) is 3.29. The van der Waals surface area contributed by atoms with Crippen LogP contribution in [0, 0.1) is 11.8 Å². The minimum absolute atomic E-state index is 0.0835. The molecule has 23 heavy (non-hydrogen) atoms. The van der Waals surface area contributed by atoms with Gasteiger partial charge in [-0.15, -0.1) is 0 Å². The zero-order valence-electron chi connectivity index (χ0n) is 13.4. The third-order valence-corrected chi connectivity index (χ3v) is 4.38. The van der Waals surface area contributed by atoms with E-state index in [1.165, 1.54) is 0 Å². The topological polar surface area (TPSA) is 68.3 Å². The normalized spacial score (nSPS) is 21.6. The highest BCUT2D eigenvalue weighted by atomic mass is 16.3. The van der Waals surface area contributed by atoms with Gasteiger partial charge < -0.3 is 13.9 Å². The van der Waals surface area contributed by atoms with Crippen LogP contribution in [0.25, 0.3) is 0 Å². The smallest absolute Gasteiger partial charge is 0.290 e. The number of rotatable bonds is 6. The number of hydrogen-bond acceptors (Lipinski definition) is 4. The second kappa shape index (κ2) is 6.40. The number of furan rings is 1. The number of nitrogens with zero attached hydrogens (tertiary/aromatic N) is 3. The molecule has 1 amide bonds. The molecule has 6 heteroatoms. The number of amides is 1. The molecule has 0 aliphatic carbocycles. The van der Waals surface area contributed by atoms with Gasteiger partial charge in [0.1, 0.15) is 11.8 Å². The van der Waals surface area contributed by atoms with Crippen LogP contribution in [-0.4, -0.2) is 32.7 Å². The van der Waals surface area contributed by atoms with Crippen molar-refractivity contribution in [2.45, 2.75) is 32.9 Å². The molecule has 3 heterocycles. The van der Waals surface area contributed by atoms with Crippen LogP contribution in [0.3, 0.4) is 0 Å². The van der Waals surface area contributed by atoms with Crippen LogP contribution < -0.4 is 0 Å². The highest BCUT2D eigenvalue weighted by Crippen LogP contribution is 2.40. The van der Waals surface area contributed by atoms with Gasteiger partial charge in [0.2, 0.25) is 5.78 Å². The van der Waals surface area contributed by atoms with Crippen LogP contribution in [0.15, 0.2) is 41.5 Å². The Kier molecular flexibility index (Phi) is 4.32. The maximum absolute atomic E-state index is 12.4. The second-order valence-electron chi connectivity index (χ2n) is 6.25. The van der Waals surface area contributed by atoms with Crippen LogP contribution in [0.5, 0.6) is 0 Å². The first-order chi connectivity index (χ1) is 11.1. The SMILES string of the molecule is CC(C)C1C(=O)C(=O)N(CCCn2ccnc2)C1c1ccco1. The zero-order valence-corrected chi connectivity index (χ0v) is 13.4. The molecule has 0 spiro atoms. The van der Waals surface area contributed by atoms with Crippen molar-refractivity contribution in [1.82, 2.24) is 14.5 Å². The van der Waals surface area contributed by atoms with E-state index in [9.17, 15) is 9.59 Å². The standard InChI is InChI=1S/C17H21N3O3/c1-12(2)14-15(13-5-3-10-23-13)20(17(22)16(14)21)8-4-7-19-9-6-18-11-19/h3,5-6,9-12,14-15H,4,7-8H2,1-2H3. The molecule has 0 bridgehead atoms. The third kappa shape index (κ3) is 2.93. The fraction of sp³-hybridized carbons (Fsp3) is 0.471. The quantitative estimate of drug-likeness (QED) is 0.767. The van der Waals surface area contributed by atoms with Crippen molar-refractivity contribution in [3.8, 4) is 0 Å². The first-order valence-electron chi connectivity index (χ1n) is 7.93. The summed E-state index contributed by atoms with van der Waals surface area (Å²) in [5.41, 5.74) is 0. The summed E-state index contributed by atoms with van der Waals surface area (Å²) in [6.07, 6.45) is 7.71. The molecular weight excluding hydrogens is 294 g/mol. The van der Waals surface area contributed by atoms with Crippen LogP contribution >= 0.6 is 0 Å². The summed E-state index contributed by atoms with van der Waals surface area (Å²) in [5, 5.41) is 0. The lowest BCUT2D eigenvalue weighted by Gasteiger charge is -2.27. The van der Waals surface area contributed by atoms with Gasteiger partial charge in [-0.2, -0.15) is 0 Å². The van der Waals surface area contributed by atoms with Crippen molar-refractivity contribution in [3.05, 3.63) is 42.9 Å². The maximum atomic E-state index is 12.4. The van der Waals surface area contributed by atoms with Crippen LogP contribution in [0.1, 0.15) is 32.1 Å². The third-order valence-electron chi connectivity index (χ3n) is 4.38. The largest absolute Gasteiger partial charge is 0.467 e. The summed E-state index contributed by atoms with van der Waals surface area (Å²) < 4.78 is 7.48. The molecule has 1 aliphatic heterocycles. The number of aromatic nitrogens is 2. The number of carbonyl (C=O) groups is 2. The highest BCUT2D eigenvalue weighted by Gasteiger charge is 2.50. The lowest BCUT2D eigenvalue weighted by molar-refractivity contribution is -0.141. The van der Waals surface area contributed by atoms with Gasteiger partial charge in [0.05, 0.1) is 18.5 Å². The van der Waals surface area contributed by atoms with Gasteiger partial charge in [-0.1, -0.05) is 13.8 Å². The first kappa shape index (κ1) is 15.5. The summed E-state index contributed by atoms with van der Waals surface area (Å²) >= 11 is 0. The molecule has 2 unspecified atom stereocenters. The number of ketones is 1. The summed E-state index contributed by atoms with van der Waals surface area (Å²) in [7, 11) is 0. The van der Waals surface area contributed by atoms with Gasteiger partial charge in [-0.05, 0) is 24.5 Å². The van der Waals surface area contributed by atoms with Gasteiger partial charge in [0, 0.05) is 25.5 Å². The van der Waals surface area contributed by atoms with E-state index in [1.807, 2.05) is 30.7 Å². The lowest BCUT2D eigenvalue weighted by atomic mass is 9.86. The summed E-state index contributed by atoms with van der Waals surface area (Å²) in [6.45, 7) is 5.23. The monoisotopic (exact) mass is 315 g/mol. The van der Waals surface area contributed by atoms with E-state index < -0.39 is 5.91 Å². The molecule has 1 aliphatic rings. The van der Waals surface area contributed by atoms with E-state index >= 15 is 0 Å². The van der Waals surface area contributed by atoms with E-state index in [0.29, 0.717) is 12.3 Å². The van der Waals surface area contributed by atoms with Crippen LogP contribution in [0.4, 0.5) is 0 Å². The molecule has 0 N–H and O–H groups in total. The fourth-order valence-corrected chi connectivity index (χ4v) is 3.29. The Labute approximate surface area is 135 Å². The number of hydrogen-bond donors (Lipinski definition) is 0. The maximum Gasteiger partial charge on any atom is 0.290 e. The van der Waals surface area contributed by atoms with Gasteiger partial charge in [0.15, 0.2) is 0 Å². The molecule has 1 saturated heterocycles. The minimum Gasteiger partial charge on any atom is -0.467 e. The van der Waals surface area contributed by atoms with Crippen LogP contribution in [0.2, 0.25) is 0 Å². The van der Waals surface area contributed by atoms with Crippen molar-refractivity contribution in [3.63, 3.8) is 0 Å². The molecule has 1 fully saturated rings. The summed E-state index contributed by atoms with van der Waals surface area (Å²) in [5.74, 6) is -0.271. The predicted octanol–water partition coefficient (Wildman–Crippen LogP) is 2.29. The van der Waals surface area contributed by atoms with Crippen molar-refractivity contribution in [2.75, 3.05) is 6.54 Å². The van der Waals surface area contributed by atoms with Crippen molar-refractivity contribution >= 4 is 11.7 Å². The molecule has 0 aromatic carbocycles. The number of aryl methyl sites for hydroxylation is 1. The molecule has 3 rings (SSSR count). The Morgan fingerprint density at radius 2 is 2.13 bits per heavy atom. The van der Waals surface area contributed by atoms with Gasteiger partial charge in [0.25, 0.3) is 5.91 Å². The van der Waals surface area contributed by atoms with E-state index in [-0.39, 0.29) is 23.7 Å². The average Bonchev–Trinajstić information content (AvgIpc) is 3.23. The van der Waals surface area contributed by atoms with Crippen molar-refractivity contribution in [1.29, 1.82) is 0 Å². The van der Waals surface area contributed by atoms with Crippen molar-refractivity contribution < 1.29 is 14.0 Å². The molecule has 122 valence electrons. The Balaban J connectivity index is 1.78. The Morgan fingerprint density at radius 1 is 1.30 bits per heavy atom. The molecular formula is C17H21N3O3. The highest BCUT2D eigenvalue weighted by molar-refractivity contribution is 6.39. The van der Waals surface area contributed by atoms with E-state index in [2.05, 4.69) is 4.98 Å². The number of Topliss-reactive ketones (excluding diaryl/α,β-unsaturated/α-hetero) is 1. The Hall–Kier alpha value is -2.37. The average molecular weight is 315 g/mol. The Morgan fingerprint density at radius 3 is 2.74 bits per heavy atom. The minimum atomic E-state index is -0.393. The zero-order chi connectivity index (χ0) is 16.4. The summed E-state index contributed by atoms with van der Waals surface area (Å²) in [4.78, 5) is 30.5. The van der Waals surface area contributed by atoms with Crippen molar-refractivity contribution in [2.24, 2.45) is 11.8 Å². The Bertz CT molecular complexity index is 661. The van der Waals surface area contributed by atoms with Gasteiger partial charge in [-0.3, -0.25) is 9.59 Å². The first-order valence-corrected chi connectivity index (χ1v) is 7.93. The molecule has 6 nitrogen and oxygen atoms in total. The lowest BCUT2D eigenvalue weighted by Crippen LogP contribution is -2.31. The molecule has 2 atom stereocenters. The summed E-state index contributed by atoms with van der Waals surface area (Å²) in [6, 6.07) is 3.34. The molecule has 2 aromatic rings. The van der Waals surface area contributed by atoms with Gasteiger partial charge in [-0.25, -0.2) is 4.98 Å². The van der Waals surface area contributed by atoms with Crippen LogP contribution in [-0.2, 0) is 16.1 Å². The predicted molar refractivity (Wildman–Crippen MR) is 83.3 cm³/mol. The second-order valence-corrected chi connectivity index (χ2v) is 6.25.